The second-order valence-corrected chi connectivity index (χ2v) is 8.42. The number of anilines is 1. The number of imidazole rings is 1. The Bertz CT molecular complexity index is 1270. The quantitative estimate of drug-likeness (QED) is 0.409. The van der Waals surface area contributed by atoms with Gasteiger partial charge in [-0.1, -0.05) is 90.6 Å². The summed E-state index contributed by atoms with van der Waals surface area (Å²) in [7, 11) is 0. The lowest BCUT2D eigenvalue weighted by Gasteiger charge is -2.18. The molecule has 0 radical (unpaired) electrons. The summed E-state index contributed by atoms with van der Waals surface area (Å²) in [5.74, 6) is 1.10. The van der Waals surface area contributed by atoms with Gasteiger partial charge in [-0.3, -0.25) is 0 Å². The van der Waals surface area contributed by atoms with Crippen LogP contribution < -0.4 is 5.32 Å². The number of ether oxygens (including phenoxy) is 1. The Kier molecular flexibility index (Phi) is 4.73. The number of nitrogens with one attached hydrogen (secondary N) is 2. The van der Waals surface area contributed by atoms with Gasteiger partial charge in [-0.2, -0.15) is 0 Å². The molecule has 0 amide bonds. The molecule has 7 heteroatoms. The number of nitrogens with zero attached hydrogens (tertiary/aromatic N) is 3. The van der Waals surface area contributed by atoms with Crippen molar-refractivity contribution < 1.29 is 4.74 Å². The maximum Gasteiger partial charge on any atom is 0.221 e. The molecule has 0 fully saturated rings. The highest BCUT2D eigenvalue weighted by molar-refractivity contribution is 7.99. The number of para-hydroxylation sites is 1. The SMILES string of the molecule is c1ccc(-c2nc(SCC3=NN=C4c5ccccc5NC4O3)[nH]c2-c2ccccc2)cc1. The zero-order valence-electron chi connectivity index (χ0n) is 17.0. The summed E-state index contributed by atoms with van der Waals surface area (Å²) in [6.45, 7) is 0. The summed E-state index contributed by atoms with van der Waals surface area (Å²) >= 11 is 1.55. The van der Waals surface area contributed by atoms with Crippen molar-refractivity contribution in [3.8, 4) is 22.5 Å². The van der Waals surface area contributed by atoms with Crippen LogP contribution in [0.4, 0.5) is 5.69 Å². The topological polar surface area (TPSA) is 74.7 Å². The molecule has 1 unspecified atom stereocenters. The molecule has 2 aliphatic rings. The Morgan fingerprint density at radius 2 is 1.53 bits per heavy atom. The van der Waals surface area contributed by atoms with Crippen molar-refractivity contribution in [2.75, 3.05) is 11.1 Å². The summed E-state index contributed by atoms with van der Waals surface area (Å²) in [4.78, 5) is 8.37. The van der Waals surface area contributed by atoms with Gasteiger partial charge < -0.3 is 15.0 Å². The highest BCUT2D eigenvalue weighted by Crippen LogP contribution is 2.33. The van der Waals surface area contributed by atoms with E-state index in [1.54, 1.807) is 11.8 Å². The molecule has 0 bridgehead atoms. The molecular weight excluding hydrogens is 418 g/mol. The predicted molar refractivity (Wildman–Crippen MR) is 129 cm³/mol. The van der Waals surface area contributed by atoms with Crippen molar-refractivity contribution in [1.29, 1.82) is 0 Å². The number of fused-ring (bicyclic) bond motifs is 3. The van der Waals surface area contributed by atoms with Crippen LogP contribution in [0.25, 0.3) is 22.5 Å². The Labute approximate surface area is 189 Å². The van der Waals surface area contributed by atoms with Crippen molar-refractivity contribution in [3.05, 3.63) is 90.5 Å². The molecule has 2 N–H and O–H groups in total. The summed E-state index contributed by atoms with van der Waals surface area (Å²) in [5.41, 5.74) is 6.98. The Hall–Kier alpha value is -3.84. The zero-order chi connectivity index (χ0) is 21.3. The van der Waals surface area contributed by atoms with Gasteiger partial charge in [-0.25, -0.2) is 4.98 Å². The highest BCUT2D eigenvalue weighted by atomic mass is 32.2. The second kappa shape index (κ2) is 8.01. The predicted octanol–water partition coefficient (Wildman–Crippen LogP) is 5.42. The minimum absolute atomic E-state index is 0.295. The van der Waals surface area contributed by atoms with Gasteiger partial charge in [-0.05, 0) is 6.07 Å². The molecule has 32 heavy (non-hydrogen) atoms. The zero-order valence-corrected chi connectivity index (χ0v) is 17.8. The first-order valence-corrected chi connectivity index (χ1v) is 11.3. The number of hydrogen-bond acceptors (Lipinski definition) is 6. The number of aromatic nitrogens is 2. The average Bonchev–Trinajstić information content (AvgIpc) is 3.45. The van der Waals surface area contributed by atoms with E-state index in [4.69, 9.17) is 9.72 Å². The van der Waals surface area contributed by atoms with E-state index in [-0.39, 0.29) is 6.23 Å². The molecule has 6 nitrogen and oxygen atoms in total. The Balaban J connectivity index is 1.25. The van der Waals surface area contributed by atoms with Crippen molar-refractivity contribution >= 4 is 29.1 Å². The van der Waals surface area contributed by atoms with Crippen LogP contribution in [0.3, 0.4) is 0 Å². The van der Waals surface area contributed by atoms with Gasteiger partial charge in [0.2, 0.25) is 12.1 Å². The monoisotopic (exact) mass is 437 g/mol. The largest absolute Gasteiger partial charge is 0.449 e. The van der Waals surface area contributed by atoms with Gasteiger partial charge in [0.05, 0.1) is 17.1 Å². The Morgan fingerprint density at radius 1 is 0.812 bits per heavy atom. The number of H-pyrrole nitrogens is 1. The summed E-state index contributed by atoms with van der Waals surface area (Å²) in [5, 5.41) is 12.9. The minimum Gasteiger partial charge on any atom is -0.449 e. The number of aromatic amines is 1. The maximum atomic E-state index is 6.07. The molecule has 0 spiro atoms. The van der Waals surface area contributed by atoms with Crippen LogP contribution in [-0.4, -0.2) is 33.6 Å². The molecule has 6 rings (SSSR count). The summed E-state index contributed by atoms with van der Waals surface area (Å²) < 4.78 is 6.07. The van der Waals surface area contributed by atoms with Crippen LogP contribution in [0.1, 0.15) is 5.56 Å². The lowest BCUT2D eigenvalue weighted by Crippen LogP contribution is -2.32. The number of benzene rings is 3. The molecule has 3 heterocycles. The smallest absolute Gasteiger partial charge is 0.221 e. The van der Waals surface area contributed by atoms with E-state index >= 15 is 0 Å². The van der Waals surface area contributed by atoms with E-state index < -0.39 is 0 Å². The van der Waals surface area contributed by atoms with Crippen molar-refractivity contribution in [1.82, 2.24) is 9.97 Å². The van der Waals surface area contributed by atoms with E-state index in [0.717, 1.165) is 44.6 Å². The van der Waals surface area contributed by atoms with E-state index in [1.807, 2.05) is 60.7 Å². The number of thioether (sulfide) groups is 1. The maximum absolute atomic E-state index is 6.07. The van der Waals surface area contributed by atoms with Crippen LogP contribution in [0, 0.1) is 0 Å². The van der Waals surface area contributed by atoms with E-state index in [2.05, 4.69) is 44.8 Å². The summed E-state index contributed by atoms with van der Waals surface area (Å²) in [6, 6.07) is 28.5. The van der Waals surface area contributed by atoms with Crippen molar-refractivity contribution in [3.63, 3.8) is 0 Å². The lowest BCUT2D eigenvalue weighted by atomic mass is 10.1. The molecule has 1 atom stereocenters. The molecule has 1 aromatic heterocycles. The fourth-order valence-corrected chi connectivity index (χ4v) is 4.59. The molecule has 2 aliphatic heterocycles. The standard InChI is InChI=1S/C25H19N5OS/c1-3-9-16(10-4-1)21-22(17-11-5-2-6-12-17)28-25(27-21)32-15-20-29-30-23-18-13-7-8-14-19(18)26-24(23)31-20/h1-14,24,26H,15H2,(H,27,28). The molecule has 4 aromatic rings. The second-order valence-electron chi connectivity index (χ2n) is 7.45. The van der Waals surface area contributed by atoms with Gasteiger partial charge in [0, 0.05) is 22.4 Å². The first kappa shape index (κ1) is 18.9. The van der Waals surface area contributed by atoms with Crippen molar-refractivity contribution in [2.24, 2.45) is 10.2 Å². The first-order valence-electron chi connectivity index (χ1n) is 10.4. The average molecular weight is 438 g/mol. The summed E-state index contributed by atoms with van der Waals surface area (Å²) in [6.07, 6.45) is -0.295. The van der Waals surface area contributed by atoms with Gasteiger partial charge in [0.15, 0.2) is 5.16 Å². The fraction of sp³-hybridized carbons (Fsp3) is 0.0800. The van der Waals surface area contributed by atoms with Gasteiger partial charge in [0.1, 0.15) is 5.71 Å². The first-order chi connectivity index (χ1) is 15.8. The van der Waals surface area contributed by atoms with Gasteiger partial charge in [-0.15, -0.1) is 10.2 Å². The molecule has 0 saturated heterocycles. The molecule has 0 saturated carbocycles. The lowest BCUT2D eigenvalue weighted by molar-refractivity contribution is 0.276. The van der Waals surface area contributed by atoms with E-state index in [1.165, 1.54) is 0 Å². The van der Waals surface area contributed by atoms with Crippen LogP contribution in [0.15, 0.2) is 100 Å². The molecule has 0 aliphatic carbocycles. The minimum atomic E-state index is -0.295. The third-order valence-corrected chi connectivity index (χ3v) is 6.24. The molecular formula is C25H19N5OS. The van der Waals surface area contributed by atoms with Crippen LogP contribution in [-0.2, 0) is 4.74 Å². The van der Waals surface area contributed by atoms with Crippen LogP contribution in [0.2, 0.25) is 0 Å². The Morgan fingerprint density at radius 3 is 2.34 bits per heavy atom. The number of hydrogen-bond donors (Lipinski definition) is 2. The van der Waals surface area contributed by atoms with E-state index in [0.29, 0.717) is 11.7 Å². The third kappa shape index (κ3) is 3.46. The normalized spacial score (nSPS) is 16.3. The fourth-order valence-electron chi connectivity index (χ4n) is 3.88. The van der Waals surface area contributed by atoms with Crippen molar-refractivity contribution in [2.45, 2.75) is 11.4 Å². The van der Waals surface area contributed by atoms with Gasteiger partial charge in [0.25, 0.3) is 0 Å². The van der Waals surface area contributed by atoms with Gasteiger partial charge >= 0.3 is 0 Å². The molecule has 156 valence electrons. The van der Waals surface area contributed by atoms with E-state index in [9.17, 15) is 0 Å². The number of rotatable bonds is 5. The molecule has 3 aromatic carbocycles. The third-order valence-electron chi connectivity index (χ3n) is 5.39. The van der Waals surface area contributed by atoms with Crippen LogP contribution in [0.5, 0.6) is 0 Å². The highest BCUT2D eigenvalue weighted by Gasteiger charge is 2.32. The van der Waals surface area contributed by atoms with Crippen LogP contribution >= 0.6 is 11.8 Å².